The van der Waals surface area contributed by atoms with Crippen LogP contribution in [0.15, 0.2) is 24.3 Å². The molecule has 1 aliphatic rings. The van der Waals surface area contributed by atoms with Crippen LogP contribution >= 0.6 is 0 Å². The van der Waals surface area contributed by atoms with Crippen molar-refractivity contribution in [1.82, 2.24) is 4.90 Å². The van der Waals surface area contributed by atoms with E-state index in [-0.39, 0.29) is 18.7 Å². The number of amides is 3. The van der Waals surface area contributed by atoms with Gasteiger partial charge in [-0.05, 0) is 57.9 Å². The molecule has 0 N–H and O–H groups in total. The molecule has 0 saturated carbocycles. The Morgan fingerprint density at radius 3 is 2.21 bits per heavy atom. The van der Waals surface area contributed by atoms with Crippen LogP contribution in [0.4, 0.5) is 23.7 Å². The minimum Gasteiger partial charge on any atom is -0.443 e. The summed E-state index contributed by atoms with van der Waals surface area (Å²) in [4.78, 5) is 39.6. The Balaban J connectivity index is 2.14. The van der Waals surface area contributed by atoms with Crippen LogP contribution in [-0.4, -0.2) is 42.0 Å². The molecule has 2 rings (SSSR count). The van der Waals surface area contributed by atoms with E-state index in [0.29, 0.717) is 6.42 Å². The first-order valence-electron chi connectivity index (χ1n) is 8.80. The SMILES string of the molecule is CN(C(=O)C1CCCN(C(=O)OC(C)(C)C)C1=O)c1ccc(C(F)(F)F)cc1. The van der Waals surface area contributed by atoms with Crippen LogP contribution < -0.4 is 4.90 Å². The molecule has 1 unspecified atom stereocenters. The maximum atomic E-state index is 12.7. The topological polar surface area (TPSA) is 66.9 Å². The lowest BCUT2D eigenvalue weighted by molar-refractivity contribution is -0.143. The first-order chi connectivity index (χ1) is 12.8. The summed E-state index contributed by atoms with van der Waals surface area (Å²) in [7, 11) is 1.38. The molecule has 1 aliphatic heterocycles. The van der Waals surface area contributed by atoms with E-state index in [1.807, 2.05) is 0 Å². The number of alkyl halides is 3. The van der Waals surface area contributed by atoms with Gasteiger partial charge >= 0.3 is 12.3 Å². The van der Waals surface area contributed by atoms with Gasteiger partial charge in [0.05, 0.1) is 5.56 Å². The number of imide groups is 1. The van der Waals surface area contributed by atoms with Crippen molar-refractivity contribution in [2.24, 2.45) is 5.92 Å². The van der Waals surface area contributed by atoms with E-state index in [9.17, 15) is 27.6 Å². The van der Waals surface area contributed by atoms with Crippen LogP contribution in [0.1, 0.15) is 39.2 Å². The van der Waals surface area contributed by atoms with E-state index in [4.69, 9.17) is 4.74 Å². The molecule has 6 nitrogen and oxygen atoms in total. The molecule has 0 spiro atoms. The predicted molar refractivity (Wildman–Crippen MR) is 95.5 cm³/mol. The van der Waals surface area contributed by atoms with Crippen molar-refractivity contribution in [1.29, 1.82) is 0 Å². The van der Waals surface area contributed by atoms with Crippen LogP contribution in [0, 0.1) is 5.92 Å². The van der Waals surface area contributed by atoms with E-state index in [1.54, 1.807) is 20.8 Å². The first-order valence-corrected chi connectivity index (χ1v) is 8.80. The number of likely N-dealkylation sites (tertiary alicyclic amines) is 1. The minimum absolute atomic E-state index is 0.154. The number of piperidine rings is 1. The van der Waals surface area contributed by atoms with Crippen LogP contribution in [0.3, 0.4) is 0 Å². The number of carbonyl (C=O) groups excluding carboxylic acids is 3. The Labute approximate surface area is 161 Å². The number of ether oxygens (including phenoxy) is 1. The average Bonchev–Trinajstić information content (AvgIpc) is 2.58. The molecule has 1 aromatic rings. The number of halogens is 3. The number of carbonyl (C=O) groups is 3. The molecular formula is C19H23F3N2O4. The lowest BCUT2D eigenvalue weighted by Crippen LogP contribution is -2.51. The third-order valence-corrected chi connectivity index (χ3v) is 4.26. The van der Waals surface area contributed by atoms with Crippen LogP contribution in [0.2, 0.25) is 0 Å². The van der Waals surface area contributed by atoms with Gasteiger partial charge in [0, 0.05) is 19.3 Å². The van der Waals surface area contributed by atoms with Crippen LogP contribution in [0.25, 0.3) is 0 Å². The lowest BCUT2D eigenvalue weighted by Gasteiger charge is -2.33. The molecular weight excluding hydrogens is 377 g/mol. The standard InChI is InChI=1S/C19H23F3N2O4/c1-18(2,3)28-17(27)24-11-5-6-14(16(24)26)15(25)23(4)13-9-7-12(8-10-13)19(20,21)22/h7-10,14H,5-6,11H2,1-4H3. The van der Waals surface area contributed by atoms with Crippen molar-refractivity contribution in [2.45, 2.75) is 45.4 Å². The predicted octanol–water partition coefficient (Wildman–Crippen LogP) is 3.84. The summed E-state index contributed by atoms with van der Waals surface area (Å²) in [6.07, 6.45) is -4.61. The second-order valence-corrected chi connectivity index (χ2v) is 7.61. The summed E-state index contributed by atoms with van der Waals surface area (Å²) in [5.41, 5.74) is -1.40. The summed E-state index contributed by atoms with van der Waals surface area (Å²) in [5, 5.41) is 0. The largest absolute Gasteiger partial charge is 0.443 e. The Bertz CT molecular complexity index is 754. The van der Waals surface area contributed by atoms with Gasteiger partial charge < -0.3 is 9.64 Å². The summed E-state index contributed by atoms with van der Waals surface area (Å²) in [6, 6.07) is 4.07. The smallest absolute Gasteiger partial charge is 0.417 e. The molecule has 9 heteroatoms. The van der Waals surface area contributed by atoms with Gasteiger partial charge in [-0.2, -0.15) is 13.2 Å². The molecule has 1 aromatic carbocycles. The fourth-order valence-electron chi connectivity index (χ4n) is 2.84. The van der Waals surface area contributed by atoms with Gasteiger partial charge in [-0.3, -0.25) is 9.59 Å². The number of benzene rings is 1. The average molecular weight is 400 g/mol. The van der Waals surface area contributed by atoms with Gasteiger partial charge in [-0.15, -0.1) is 0 Å². The van der Waals surface area contributed by atoms with Crippen LogP contribution in [0.5, 0.6) is 0 Å². The monoisotopic (exact) mass is 400 g/mol. The normalized spacial score (nSPS) is 18.0. The molecule has 0 bridgehead atoms. The number of hydrogen-bond donors (Lipinski definition) is 0. The number of anilines is 1. The second kappa shape index (κ2) is 7.81. The van der Waals surface area contributed by atoms with Gasteiger partial charge in [0.2, 0.25) is 11.8 Å². The van der Waals surface area contributed by atoms with Crippen molar-refractivity contribution in [2.75, 3.05) is 18.5 Å². The Hall–Kier alpha value is -2.58. The Morgan fingerprint density at radius 2 is 1.71 bits per heavy atom. The quantitative estimate of drug-likeness (QED) is 0.708. The zero-order valence-corrected chi connectivity index (χ0v) is 16.2. The highest BCUT2D eigenvalue weighted by atomic mass is 19.4. The molecule has 1 atom stereocenters. The molecule has 3 amide bonds. The van der Waals surface area contributed by atoms with Gasteiger partial charge in [-0.25, -0.2) is 9.69 Å². The number of hydrogen-bond acceptors (Lipinski definition) is 4. The van der Waals surface area contributed by atoms with E-state index in [0.717, 1.165) is 21.9 Å². The van der Waals surface area contributed by atoms with Gasteiger partial charge in [-0.1, -0.05) is 0 Å². The van der Waals surface area contributed by atoms with E-state index in [1.165, 1.54) is 19.2 Å². The fourth-order valence-corrected chi connectivity index (χ4v) is 2.84. The summed E-state index contributed by atoms with van der Waals surface area (Å²) in [6.45, 7) is 5.16. The van der Waals surface area contributed by atoms with Gasteiger partial charge in [0.25, 0.3) is 0 Å². The maximum Gasteiger partial charge on any atom is 0.417 e. The highest BCUT2D eigenvalue weighted by molar-refractivity contribution is 6.10. The molecule has 0 aliphatic carbocycles. The minimum atomic E-state index is -4.48. The Morgan fingerprint density at radius 1 is 1.14 bits per heavy atom. The fraction of sp³-hybridized carbons (Fsp3) is 0.526. The van der Waals surface area contributed by atoms with Crippen molar-refractivity contribution >= 4 is 23.6 Å². The van der Waals surface area contributed by atoms with E-state index in [2.05, 4.69) is 0 Å². The number of nitrogens with zero attached hydrogens (tertiary/aromatic N) is 2. The van der Waals surface area contributed by atoms with Gasteiger partial charge in [0.15, 0.2) is 0 Å². The zero-order valence-electron chi connectivity index (χ0n) is 16.2. The summed E-state index contributed by atoms with van der Waals surface area (Å²) in [5.74, 6) is -2.34. The van der Waals surface area contributed by atoms with Crippen molar-refractivity contribution in [3.8, 4) is 0 Å². The van der Waals surface area contributed by atoms with Crippen LogP contribution in [-0.2, 0) is 20.5 Å². The molecule has 1 heterocycles. The third kappa shape index (κ3) is 5.02. The van der Waals surface area contributed by atoms with E-state index >= 15 is 0 Å². The molecule has 28 heavy (non-hydrogen) atoms. The second-order valence-electron chi connectivity index (χ2n) is 7.61. The molecule has 154 valence electrons. The lowest BCUT2D eigenvalue weighted by atomic mass is 9.95. The number of rotatable bonds is 2. The molecule has 0 radical (unpaired) electrons. The summed E-state index contributed by atoms with van der Waals surface area (Å²) < 4.78 is 43.2. The maximum absolute atomic E-state index is 12.7. The van der Waals surface area contributed by atoms with Crippen molar-refractivity contribution < 1.29 is 32.3 Å². The first kappa shape index (κ1) is 21.7. The molecule has 0 aromatic heterocycles. The van der Waals surface area contributed by atoms with Crippen molar-refractivity contribution in [3.05, 3.63) is 29.8 Å². The zero-order chi connectivity index (χ0) is 21.3. The third-order valence-electron chi connectivity index (χ3n) is 4.26. The summed E-state index contributed by atoms with van der Waals surface area (Å²) >= 11 is 0. The molecule has 1 fully saturated rings. The van der Waals surface area contributed by atoms with E-state index < -0.39 is 41.2 Å². The van der Waals surface area contributed by atoms with Gasteiger partial charge in [0.1, 0.15) is 11.5 Å². The highest BCUT2D eigenvalue weighted by Crippen LogP contribution is 2.31. The van der Waals surface area contributed by atoms with Crippen molar-refractivity contribution in [3.63, 3.8) is 0 Å². The Kier molecular flexibility index (Phi) is 6.06. The highest BCUT2D eigenvalue weighted by Gasteiger charge is 2.40. The molecule has 1 saturated heterocycles.